The van der Waals surface area contributed by atoms with Gasteiger partial charge >= 0.3 is 0 Å². The second-order valence-corrected chi connectivity index (χ2v) is 6.38. The molecule has 0 saturated carbocycles. The molecule has 0 atom stereocenters. The maximum Gasteiger partial charge on any atom is 0.119 e. The molecule has 2 aliphatic rings. The molecule has 0 aliphatic carbocycles. The van der Waals surface area contributed by atoms with Crippen LogP contribution in [0.2, 0.25) is 0 Å². The van der Waals surface area contributed by atoms with Gasteiger partial charge in [0, 0.05) is 6.54 Å². The van der Waals surface area contributed by atoms with Crippen molar-refractivity contribution in [3.05, 3.63) is 29.8 Å². The van der Waals surface area contributed by atoms with Gasteiger partial charge in [0.25, 0.3) is 0 Å². The molecule has 0 bridgehead atoms. The molecular weight excluding hydrogens is 248 g/mol. The van der Waals surface area contributed by atoms with E-state index in [4.69, 9.17) is 4.74 Å². The van der Waals surface area contributed by atoms with Gasteiger partial charge in [-0.15, -0.1) is 0 Å². The average Bonchev–Trinajstić information content (AvgIpc) is 2.51. The maximum atomic E-state index is 5.31. The molecule has 110 valence electrons. The summed E-state index contributed by atoms with van der Waals surface area (Å²) in [5.74, 6) is 0.967. The molecule has 20 heavy (non-hydrogen) atoms. The van der Waals surface area contributed by atoms with Crippen LogP contribution in [0.1, 0.15) is 31.2 Å². The number of methoxy groups -OCH3 is 1. The van der Waals surface area contributed by atoms with E-state index in [2.05, 4.69) is 28.4 Å². The van der Waals surface area contributed by atoms with Crippen molar-refractivity contribution < 1.29 is 4.74 Å². The summed E-state index contributed by atoms with van der Waals surface area (Å²) >= 11 is 0. The summed E-state index contributed by atoms with van der Waals surface area (Å²) in [5, 5.41) is 3.49. The number of ether oxygens (including phenoxy) is 1. The fourth-order valence-corrected chi connectivity index (χ4v) is 3.67. The van der Waals surface area contributed by atoms with Gasteiger partial charge in [0.1, 0.15) is 5.75 Å². The van der Waals surface area contributed by atoms with E-state index >= 15 is 0 Å². The van der Waals surface area contributed by atoms with Crippen molar-refractivity contribution in [1.29, 1.82) is 0 Å². The number of hydrogen-bond acceptors (Lipinski definition) is 3. The Morgan fingerprint density at radius 1 is 1.15 bits per heavy atom. The van der Waals surface area contributed by atoms with E-state index in [0.717, 1.165) is 12.3 Å². The minimum Gasteiger partial charge on any atom is -0.497 e. The van der Waals surface area contributed by atoms with Crippen molar-refractivity contribution >= 4 is 0 Å². The molecule has 0 unspecified atom stereocenters. The molecule has 1 aromatic carbocycles. The molecule has 0 radical (unpaired) electrons. The van der Waals surface area contributed by atoms with Crippen LogP contribution in [-0.4, -0.2) is 38.2 Å². The minimum absolute atomic E-state index is 0.649. The van der Waals surface area contributed by atoms with E-state index in [1.807, 2.05) is 6.07 Å². The molecule has 1 N–H and O–H groups in total. The summed E-state index contributed by atoms with van der Waals surface area (Å²) in [6.07, 6.45) is 5.50. The molecule has 0 amide bonds. The third-order valence-electron chi connectivity index (χ3n) is 5.12. The van der Waals surface area contributed by atoms with Crippen molar-refractivity contribution in [3.63, 3.8) is 0 Å². The van der Waals surface area contributed by atoms with E-state index < -0.39 is 0 Å². The number of rotatable bonds is 3. The highest BCUT2D eigenvalue weighted by atomic mass is 16.5. The Kier molecular flexibility index (Phi) is 4.27. The number of benzene rings is 1. The van der Waals surface area contributed by atoms with E-state index in [0.29, 0.717) is 5.41 Å². The summed E-state index contributed by atoms with van der Waals surface area (Å²) in [6, 6.07) is 8.47. The van der Waals surface area contributed by atoms with Crippen molar-refractivity contribution in [2.75, 3.05) is 33.3 Å². The third kappa shape index (κ3) is 3.15. The maximum absolute atomic E-state index is 5.31. The molecule has 0 aromatic heterocycles. The average molecular weight is 274 g/mol. The Hall–Kier alpha value is -1.06. The Bertz CT molecular complexity index is 430. The quantitative estimate of drug-likeness (QED) is 0.917. The van der Waals surface area contributed by atoms with Crippen LogP contribution >= 0.6 is 0 Å². The van der Waals surface area contributed by atoms with Crippen molar-refractivity contribution in [2.24, 2.45) is 5.41 Å². The monoisotopic (exact) mass is 274 g/mol. The first kappa shape index (κ1) is 13.9. The van der Waals surface area contributed by atoms with Gasteiger partial charge < -0.3 is 10.1 Å². The predicted octanol–water partition coefficient (Wildman–Crippen LogP) is 2.66. The number of nitrogens with zero attached hydrogens (tertiary/aromatic N) is 1. The topological polar surface area (TPSA) is 24.5 Å². The normalized spacial score (nSPS) is 22.9. The van der Waals surface area contributed by atoms with Gasteiger partial charge in [0.15, 0.2) is 0 Å². The highest BCUT2D eigenvalue weighted by Crippen LogP contribution is 2.39. The van der Waals surface area contributed by atoms with E-state index in [1.54, 1.807) is 7.11 Å². The molecule has 1 aromatic rings. The van der Waals surface area contributed by atoms with E-state index in [-0.39, 0.29) is 0 Å². The van der Waals surface area contributed by atoms with E-state index in [9.17, 15) is 0 Å². The van der Waals surface area contributed by atoms with Crippen molar-refractivity contribution in [3.8, 4) is 5.75 Å². The van der Waals surface area contributed by atoms with Crippen LogP contribution in [0.3, 0.4) is 0 Å². The standard InChI is InChI=1S/C17H26N2O/c1-20-16-4-2-3-15(13-16)14-19-11-7-17(8-12-19)5-9-18-10-6-17/h2-4,13,18H,5-12,14H2,1H3. The zero-order valence-electron chi connectivity index (χ0n) is 12.5. The second-order valence-electron chi connectivity index (χ2n) is 6.38. The lowest BCUT2D eigenvalue weighted by molar-refractivity contribution is 0.0701. The van der Waals surface area contributed by atoms with Gasteiger partial charge in [-0.05, 0) is 75.0 Å². The molecule has 2 heterocycles. The van der Waals surface area contributed by atoms with Crippen LogP contribution in [0.25, 0.3) is 0 Å². The Balaban J connectivity index is 1.55. The minimum atomic E-state index is 0.649. The highest BCUT2D eigenvalue weighted by Gasteiger charge is 2.35. The summed E-state index contributed by atoms with van der Waals surface area (Å²) in [6.45, 7) is 5.99. The SMILES string of the molecule is COc1cccc(CN2CCC3(CCNCC3)CC2)c1. The lowest BCUT2D eigenvalue weighted by atomic mass is 9.71. The molecule has 1 spiro atoms. The van der Waals surface area contributed by atoms with Crippen LogP contribution in [0.5, 0.6) is 5.75 Å². The highest BCUT2D eigenvalue weighted by molar-refractivity contribution is 5.28. The third-order valence-corrected chi connectivity index (χ3v) is 5.12. The van der Waals surface area contributed by atoms with Crippen molar-refractivity contribution in [2.45, 2.75) is 32.2 Å². The zero-order valence-corrected chi connectivity index (χ0v) is 12.5. The van der Waals surface area contributed by atoms with Crippen LogP contribution < -0.4 is 10.1 Å². The molecular formula is C17H26N2O. The van der Waals surface area contributed by atoms with Gasteiger partial charge in [0.2, 0.25) is 0 Å². The lowest BCUT2D eigenvalue weighted by Crippen LogP contribution is -2.45. The number of likely N-dealkylation sites (tertiary alicyclic amines) is 1. The number of nitrogens with one attached hydrogen (secondary N) is 1. The molecule has 2 saturated heterocycles. The Labute approximate surface area is 122 Å². The van der Waals surface area contributed by atoms with Crippen LogP contribution in [0.15, 0.2) is 24.3 Å². The lowest BCUT2D eigenvalue weighted by Gasteiger charge is -2.44. The van der Waals surface area contributed by atoms with Crippen LogP contribution in [-0.2, 0) is 6.54 Å². The van der Waals surface area contributed by atoms with E-state index in [1.165, 1.54) is 57.4 Å². The first-order valence-corrected chi connectivity index (χ1v) is 7.86. The first-order valence-electron chi connectivity index (χ1n) is 7.86. The first-order chi connectivity index (χ1) is 9.80. The van der Waals surface area contributed by atoms with Gasteiger partial charge in [-0.2, -0.15) is 0 Å². The molecule has 2 fully saturated rings. The zero-order chi connectivity index (χ0) is 13.8. The molecule has 3 rings (SSSR count). The van der Waals surface area contributed by atoms with Gasteiger partial charge in [-0.25, -0.2) is 0 Å². The summed E-state index contributed by atoms with van der Waals surface area (Å²) in [5.41, 5.74) is 2.02. The summed E-state index contributed by atoms with van der Waals surface area (Å²) in [4.78, 5) is 2.60. The second kappa shape index (κ2) is 6.15. The summed E-state index contributed by atoms with van der Waals surface area (Å²) < 4.78 is 5.31. The fraction of sp³-hybridized carbons (Fsp3) is 0.647. The van der Waals surface area contributed by atoms with Crippen LogP contribution in [0.4, 0.5) is 0 Å². The fourth-order valence-electron chi connectivity index (χ4n) is 3.67. The Morgan fingerprint density at radius 2 is 1.90 bits per heavy atom. The smallest absolute Gasteiger partial charge is 0.119 e. The van der Waals surface area contributed by atoms with Crippen LogP contribution in [0, 0.1) is 5.41 Å². The molecule has 3 nitrogen and oxygen atoms in total. The van der Waals surface area contributed by atoms with Gasteiger partial charge in [-0.1, -0.05) is 12.1 Å². The number of piperidine rings is 2. The van der Waals surface area contributed by atoms with Gasteiger partial charge in [0.05, 0.1) is 7.11 Å². The van der Waals surface area contributed by atoms with Crippen molar-refractivity contribution in [1.82, 2.24) is 10.2 Å². The number of hydrogen-bond donors (Lipinski definition) is 1. The molecule has 3 heteroatoms. The largest absolute Gasteiger partial charge is 0.497 e. The van der Waals surface area contributed by atoms with Gasteiger partial charge in [-0.3, -0.25) is 4.90 Å². The predicted molar refractivity (Wildman–Crippen MR) is 82.0 cm³/mol. The summed E-state index contributed by atoms with van der Waals surface area (Å²) in [7, 11) is 1.74. The Morgan fingerprint density at radius 3 is 2.60 bits per heavy atom. The molecule has 2 aliphatic heterocycles.